The molecule has 0 N–H and O–H groups in total. The van der Waals surface area contributed by atoms with E-state index in [1.807, 2.05) is 12.1 Å². The Morgan fingerprint density at radius 1 is 0.778 bits per heavy atom. The second kappa shape index (κ2) is 11.1. The zero-order chi connectivity index (χ0) is 32.8. The van der Waals surface area contributed by atoms with Crippen molar-refractivity contribution in [1.82, 2.24) is 0 Å². The fraction of sp³-hybridized carbons (Fsp3) is 0.176. The van der Waals surface area contributed by atoms with Crippen molar-refractivity contribution in [2.75, 3.05) is 0 Å². The van der Waals surface area contributed by atoms with E-state index < -0.39 is 41.4 Å². The van der Waals surface area contributed by atoms with Gasteiger partial charge in [0.15, 0.2) is 11.8 Å². The van der Waals surface area contributed by atoms with Crippen molar-refractivity contribution >= 4 is 5.69 Å². The van der Waals surface area contributed by atoms with Gasteiger partial charge in [0.2, 0.25) is 0 Å². The molecule has 2 atom stereocenters. The van der Waals surface area contributed by atoms with Crippen LogP contribution in [0.1, 0.15) is 39.3 Å². The van der Waals surface area contributed by atoms with Crippen LogP contribution in [-0.2, 0) is 6.18 Å². The van der Waals surface area contributed by atoms with Gasteiger partial charge in [0, 0.05) is 5.56 Å². The van der Waals surface area contributed by atoms with Gasteiger partial charge in [-0.2, -0.15) is 23.7 Å². The highest BCUT2D eigenvalue weighted by atomic mass is 19.4. The first-order valence-corrected chi connectivity index (χ1v) is 13.2. The van der Waals surface area contributed by atoms with Crippen molar-refractivity contribution in [2.24, 2.45) is 0 Å². The van der Waals surface area contributed by atoms with Crippen molar-refractivity contribution in [3.8, 4) is 51.3 Å². The average molecular weight is 613 g/mol. The van der Waals surface area contributed by atoms with Gasteiger partial charge < -0.3 is 4.74 Å². The fourth-order valence-electron chi connectivity index (χ4n) is 5.69. The van der Waals surface area contributed by atoms with Crippen LogP contribution in [-0.4, -0.2) is 12.4 Å². The molecule has 1 aliphatic carbocycles. The minimum atomic E-state index is -5.20. The molecule has 2 unspecified atom stereocenters. The lowest BCUT2D eigenvalue weighted by atomic mass is 9.87. The zero-order valence-corrected chi connectivity index (χ0v) is 23.4. The lowest BCUT2D eigenvalue weighted by molar-refractivity contribution is -0.274. The Kier molecular flexibility index (Phi) is 7.53. The number of ether oxygens (including phenoxy) is 1. The number of halogens is 6. The molecule has 0 bridgehead atoms. The molecule has 45 heavy (non-hydrogen) atoms. The van der Waals surface area contributed by atoms with Crippen LogP contribution >= 0.6 is 0 Å². The average Bonchev–Trinajstić information content (AvgIpc) is 3.27. The molecule has 0 spiro atoms. The van der Waals surface area contributed by atoms with Crippen LogP contribution in [0.5, 0.6) is 5.75 Å². The summed E-state index contributed by atoms with van der Waals surface area (Å²) < 4.78 is 85.7. The van der Waals surface area contributed by atoms with E-state index in [0.717, 1.165) is 29.3 Å². The van der Waals surface area contributed by atoms with Gasteiger partial charge in [0.25, 0.3) is 0 Å². The van der Waals surface area contributed by atoms with E-state index in [9.17, 15) is 36.9 Å². The Bertz CT molecular complexity index is 2040. The summed E-state index contributed by atoms with van der Waals surface area (Å²) in [5.74, 6) is -1.73. The summed E-state index contributed by atoms with van der Waals surface area (Å²) in [5.41, 5.74) is 2.44. The summed E-state index contributed by atoms with van der Waals surface area (Å²) in [4.78, 5) is 6.97. The highest BCUT2D eigenvalue weighted by Crippen LogP contribution is 2.53. The van der Waals surface area contributed by atoms with E-state index in [2.05, 4.69) is 14.4 Å². The van der Waals surface area contributed by atoms with Gasteiger partial charge in [-0.1, -0.05) is 24.3 Å². The minimum absolute atomic E-state index is 0.138. The molecular formula is C34H18F6N4O. The van der Waals surface area contributed by atoms with Crippen LogP contribution in [0.2, 0.25) is 0 Å². The number of nitriles is 2. The smallest absolute Gasteiger partial charge is 0.405 e. The van der Waals surface area contributed by atoms with Crippen molar-refractivity contribution in [3.05, 3.63) is 117 Å². The maximum absolute atomic E-state index is 13.6. The summed E-state index contributed by atoms with van der Waals surface area (Å²) in [6.07, 6.45) is -10.1. The third-order valence-electron chi connectivity index (χ3n) is 7.72. The number of alkyl halides is 6. The molecule has 222 valence electrons. The Morgan fingerprint density at radius 2 is 1.40 bits per heavy atom. The number of fused-ring (bicyclic) bond motifs is 3. The van der Waals surface area contributed by atoms with Gasteiger partial charge >= 0.3 is 18.6 Å². The molecule has 1 aliphatic rings. The van der Waals surface area contributed by atoms with Crippen LogP contribution in [0.25, 0.3) is 43.1 Å². The molecule has 4 aromatic carbocycles. The monoisotopic (exact) mass is 612 g/mol. The van der Waals surface area contributed by atoms with E-state index in [4.69, 9.17) is 13.1 Å². The fourth-order valence-corrected chi connectivity index (χ4v) is 5.69. The SMILES string of the molecule is [C-]#[N+]c1cc(-c2cc3c(cc2C)C(C(C#N)[N+]#[C-])c2cc(OC(F)(F)F)c(-c4ccc(C(F)(F)F)c(C#N)c4)cc2-3)ccc1C. The first-order valence-electron chi connectivity index (χ1n) is 13.2. The van der Waals surface area contributed by atoms with Crippen LogP contribution < -0.4 is 4.74 Å². The number of benzene rings is 4. The van der Waals surface area contributed by atoms with E-state index in [0.29, 0.717) is 39.6 Å². The van der Waals surface area contributed by atoms with Crippen molar-refractivity contribution in [3.63, 3.8) is 0 Å². The van der Waals surface area contributed by atoms with Crippen LogP contribution in [0, 0.1) is 49.7 Å². The maximum Gasteiger partial charge on any atom is 0.573 e. The van der Waals surface area contributed by atoms with Crippen molar-refractivity contribution in [2.45, 2.75) is 38.3 Å². The molecule has 0 saturated heterocycles. The molecule has 0 aromatic heterocycles. The third kappa shape index (κ3) is 5.53. The Balaban J connectivity index is 1.82. The molecule has 4 aromatic rings. The van der Waals surface area contributed by atoms with Crippen molar-refractivity contribution in [1.29, 1.82) is 10.5 Å². The topological polar surface area (TPSA) is 65.5 Å². The van der Waals surface area contributed by atoms with Crippen LogP contribution in [0.15, 0.2) is 60.7 Å². The van der Waals surface area contributed by atoms with Gasteiger partial charge in [-0.25, -0.2) is 11.4 Å². The number of hydrogen-bond acceptors (Lipinski definition) is 3. The van der Waals surface area contributed by atoms with Gasteiger partial charge in [-0.05, 0) is 100 Å². The first-order chi connectivity index (χ1) is 21.2. The normalized spacial score (nSPS) is 14.3. The van der Waals surface area contributed by atoms with Crippen LogP contribution in [0.4, 0.5) is 32.0 Å². The molecule has 5 rings (SSSR count). The van der Waals surface area contributed by atoms with Gasteiger partial charge in [-0.15, -0.1) is 13.2 Å². The number of rotatable bonds is 4. The second-order valence-electron chi connectivity index (χ2n) is 10.4. The molecule has 0 amide bonds. The number of aryl methyl sites for hydroxylation is 2. The summed E-state index contributed by atoms with van der Waals surface area (Å²) in [6.45, 7) is 18.7. The first kappa shape index (κ1) is 30.7. The van der Waals surface area contributed by atoms with E-state index >= 15 is 0 Å². The third-order valence-corrected chi connectivity index (χ3v) is 7.72. The number of hydrogen-bond donors (Lipinski definition) is 0. The van der Waals surface area contributed by atoms with Crippen LogP contribution in [0.3, 0.4) is 0 Å². The summed E-state index contributed by atoms with van der Waals surface area (Å²) >= 11 is 0. The van der Waals surface area contributed by atoms with E-state index in [1.54, 1.807) is 38.1 Å². The molecule has 5 nitrogen and oxygen atoms in total. The molecule has 11 heteroatoms. The quantitative estimate of drug-likeness (QED) is 0.170. The molecule has 0 radical (unpaired) electrons. The van der Waals surface area contributed by atoms with E-state index in [1.165, 1.54) is 12.1 Å². The Labute approximate surface area is 253 Å². The molecule has 0 fully saturated rings. The number of nitrogens with zero attached hydrogens (tertiary/aromatic N) is 4. The largest absolute Gasteiger partial charge is 0.573 e. The Morgan fingerprint density at radius 3 is 1.98 bits per heavy atom. The Hall–Kier alpha value is -5.78. The highest BCUT2D eigenvalue weighted by Gasteiger charge is 2.42. The zero-order valence-electron chi connectivity index (χ0n) is 23.4. The second-order valence-corrected chi connectivity index (χ2v) is 10.4. The van der Waals surface area contributed by atoms with Gasteiger partial charge in [0.1, 0.15) is 11.7 Å². The summed E-state index contributed by atoms with van der Waals surface area (Å²) in [6, 6.07) is 15.7. The standard InChI is InChI=1S/C34H18F6N4O/c1-17-5-6-20(11-29(17)43-3)22-12-24-25-13-23(19-7-8-28(33(35,36)37)21(10-19)15-41)31(45-34(38,39)40)14-27(25)32(30(16-42)44-4)26(24)9-18(22)2/h5-14,30,32H,1-2H3. The van der Waals surface area contributed by atoms with Gasteiger partial charge in [0.05, 0.1) is 23.8 Å². The summed E-state index contributed by atoms with van der Waals surface area (Å²) in [5, 5.41) is 19.3. The lowest BCUT2D eigenvalue weighted by Gasteiger charge is -2.18. The summed E-state index contributed by atoms with van der Waals surface area (Å²) in [7, 11) is 0. The molecule has 0 aliphatic heterocycles. The van der Waals surface area contributed by atoms with Crippen molar-refractivity contribution < 1.29 is 31.1 Å². The van der Waals surface area contributed by atoms with E-state index in [-0.39, 0.29) is 16.7 Å². The van der Waals surface area contributed by atoms with Gasteiger partial charge in [-0.3, -0.25) is 4.85 Å². The molecule has 0 heterocycles. The molecular weight excluding hydrogens is 594 g/mol. The lowest BCUT2D eigenvalue weighted by Crippen LogP contribution is -2.18. The predicted octanol–water partition coefficient (Wildman–Crippen LogP) is 9.90. The predicted molar refractivity (Wildman–Crippen MR) is 153 cm³/mol. The minimum Gasteiger partial charge on any atom is -0.405 e. The maximum atomic E-state index is 13.6. The highest BCUT2D eigenvalue weighted by molar-refractivity contribution is 5.90. The molecule has 0 saturated carbocycles.